The number of nitrogens with zero attached hydrogens (tertiary/aromatic N) is 4. The van der Waals surface area contributed by atoms with Gasteiger partial charge in [0.1, 0.15) is 5.82 Å². The third-order valence-electron chi connectivity index (χ3n) is 7.02. The van der Waals surface area contributed by atoms with Crippen LogP contribution < -0.4 is 5.69 Å². The van der Waals surface area contributed by atoms with Crippen molar-refractivity contribution >= 4 is 22.6 Å². The Morgan fingerprint density at radius 1 is 1.11 bits per heavy atom. The Morgan fingerprint density at radius 3 is 2.46 bits per heavy atom. The zero-order chi connectivity index (χ0) is 26.3. The van der Waals surface area contributed by atoms with E-state index in [4.69, 9.17) is 11.6 Å². The number of likely N-dealkylation sites (tertiary alicyclic amines) is 1. The number of fused-ring (bicyclic) bond motifs is 1. The second-order valence-electron chi connectivity index (χ2n) is 9.40. The third kappa shape index (κ3) is 5.05. The number of alkyl halides is 3. The van der Waals surface area contributed by atoms with E-state index in [0.29, 0.717) is 23.0 Å². The van der Waals surface area contributed by atoms with Crippen molar-refractivity contribution in [2.24, 2.45) is 0 Å². The van der Waals surface area contributed by atoms with Gasteiger partial charge >= 0.3 is 11.9 Å². The summed E-state index contributed by atoms with van der Waals surface area (Å²) in [5.41, 5.74) is 3.01. The van der Waals surface area contributed by atoms with Gasteiger partial charge in [0.2, 0.25) is 0 Å². The number of H-pyrrole nitrogens is 1. The molecule has 0 saturated carbocycles. The van der Waals surface area contributed by atoms with Gasteiger partial charge in [-0.25, -0.2) is 9.78 Å². The Bertz CT molecular complexity index is 1460. The molecule has 0 aliphatic carbocycles. The molecule has 0 unspecified atom stereocenters. The van der Waals surface area contributed by atoms with E-state index in [2.05, 4.69) is 14.9 Å². The number of aliphatic hydroxyl groups is 1. The number of hydrogen-bond acceptors (Lipinski definition) is 4. The fourth-order valence-electron chi connectivity index (χ4n) is 5.07. The van der Waals surface area contributed by atoms with Gasteiger partial charge in [0.25, 0.3) is 0 Å². The second kappa shape index (κ2) is 10.00. The number of nitrogens with one attached hydrogen (secondary N) is 1. The minimum atomic E-state index is -4.37. The molecule has 1 saturated heterocycles. The van der Waals surface area contributed by atoms with Crippen LogP contribution in [0, 0.1) is 6.92 Å². The molecule has 1 aliphatic rings. The number of aryl methyl sites for hydroxylation is 1. The van der Waals surface area contributed by atoms with Crippen LogP contribution in [0.25, 0.3) is 22.4 Å². The van der Waals surface area contributed by atoms with E-state index in [1.807, 2.05) is 17.6 Å². The lowest BCUT2D eigenvalue weighted by Gasteiger charge is -2.32. The van der Waals surface area contributed by atoms with Crippen LogP contribution in [0.1, 0.15) is 35.8 Å². The third-order valence-corrected chi connectivity index (χ3v) is 7.25. The van der Waals surface area contributed by atoms with E-state index in [0.717, 1.165) is 60.5 Å². The topological polar surface area (TPSA) is 79.1 Å². The Balaban J connectivity index is 1.29. The van der Waals surface area contributed by atoms with E-state index in [-0.39, 0.29) is 24.9 Å². The highest BCUT2D eigenvalue weighted by atomic mass is 35.5. The zero-order valence-corrected chi connectivity index (χ0v) is 21.0. The molecule has 7 nitrogen and oxygen atoms in total. The van der Waals surface area contributed by atoms with E-state index >= 15 is 0 Å². The van der Waals surface area contributed by atoms with Gasteiger partial charge in [0, 0.05) is 42.0 Å². The van der Waals surface area contributed by atoms with Gasteiger partial charge in [0.05, 0.1) is 35.4 Å². The highest BCUT2D eigenvalue weighted by Crippen LogP contribution is 2.31. The first-order valence-electron chi connectivity index (χ1n) is 12.1. The smallest absolute Gasteiger partial charge is 0.395 e. The molecule has 1 fully saturated rings. The SMILES string of the molecule is Cc1[nH]c(-c2ccc(C(F)(F)F)cc2)nc1CN1CCC(n2c(=O)n(CCO)c3cc(Cl)ccc32)CC1. The minimum Gasteiger partial charge on any atom is -0.395 e. The number of halogens is 4. The summed E-state index contributed by atoms with van der Waals surface area (Å²) in [6, 6.07) is 10.4. The molecule has 37 heavy (non-hydrogen) atoms. The molecule has 0 bridgehead atoms. The molecule has 0 spiro atoms. The average Bonchev–Trinajstić information content (AvgIpc) is 3.36. The molecular formula is C26H27ClF3N5O2. The van der Waals surface area contributed by atoms with E-state index in [1.54, 1.807) is 16.7 Å². The molecule has 2 N–H and O–H groups in total. The van der Waals surface area contributed by atoms with Crippen LogP contribution in [-0.4, -0.2) is 48.8 Å². The minimum absolute atomic E-state index is 0.0235. The molecule has 5 rings (SSSR count). The molecule has 11 heteroatoms. The summed E-state index contributed by atoms with van der Waals surface area (Å²) in [5.74, 6) is 0.540. The van der Waals surface area contributed by atoms with Crippen molar-refractivity contribution in [2.75, 3.05) is 19.7 Å². The number of piperidine rings is 1. The van der Waals surface area contributed by atoms with Gasteiger partial charge in [-0.1, -0.05) is 23.7 Å². The van der Waals surface area contributed by atoms with Gasteiger partial charge in [-0.05, 0) is 50.1 Å². The number of hydrogen-bond donors (Lipinski definition) is 2. The van der Waals surface area contributed by atoms with E-state index in [1.165, 1.54) is 12.1 Å². The molecule has 1 aliphatic heterocycles. The summed E-state index contributed by atoms with van der Waals surface area (Å²) < 4.78 is 42.0. The lowest BCUT2D eigenvalue weighted by molar-refractivity contribution is -0.137. The zero-order valence-electron chi connectivity index (χ0n) is 20.2. The monoisotopic (exact) mass is 533 g/mol. The van der Waals surface area contributed by atoms with Gasteiger partial charge in [-0.2, -0.15) is 13.2 Å². The van der Waals surface area contributed by atoms with Crippen LogP contribution in [0.3, 0.4) is 0 Å². The normalized spacial score (nSPS) is 15.6. The van der Waals surface area contributed by atoms with Gasteiger partial charge in [-0.15, -0.1) is 0 Å². The molecule has 0 atom stereocenters. The Morgan fingerprint density at radius 2 is 1.81 bits per heavy atom. The Hall–Kier alpha value is -3.08. The lowest BCUT2D eigenvalue weighted by atomic mass is 10.0. The summed E-state index contributed by atoms with van der Waals surface area (Å²) in [7, 11) is 0. The summed E-state index contributed by atoms with van der Waals surface area (Å²) in [6.45, 7) is 4.11. The second-order valence-corrected chi connectivity index (χ2v) is 9.84. The van der Waals surface area contributed by atoms with Crippen molar-refractivity contribution < 1.29 is 18.3 Å². The maximum atomic E-state index is 13.2. The average molecular weight is 534 g/mol. The van der Waals surface area contributed by atoms with Crippen LogP contribution in [0.2, 0.25) is 5.02 Å². The van der Waals surface area contributed by atoms with Crippen LogP contribution in [0.15, 0.2) is 47.3 Å². The number of aliphatic hydroxyl groups excluding tert-OH is 1. The van der Waals surface area contributed by atoms with Crippen molar-refractivity contribution in [1.29, 1.82) is 0 Å². The number of rotatable bonds is 6. The fourth-order valence-corrected chi connectivity index (χ4v) is 5.24. The molecule has 2 aromatic heterocycles. The van der Waals surface area contributed by atoms with Gasteiger partial charge in [0.15, 0.2) is 0 Å². The highest BCUT2D eigenvalue weighted by Gasteiger charge is 2.30. The molecule has 0 radical (unpaired) electrons. The van der Waals surface area contributed by atoms with Crippen molar-refractivity contribution in [3.8, 4) is 11.4 Å². The van der Waals surface area contributed by atoms with Crippen molar-refractivity contribution in [3.63, 3.8) is 0 Å². The van der Waals surface area contributed by atoms with Gasteiger partial charge in [-0.3, -0.25) is 14.0 Å². The summed E-state index contributed by atoms with van der Waals surface area (Å²) >= 11 is 6.17. The predicted molar refractivity (Wildman–Crippen MR) is 136 cm³/mol. The van der Waals surface area contributed by atoms with Crippen molar-refractivity contribution in [2.45, 2.75) is 45.1 Å². The van der Waals surface area contributed by atoms with Crippen LogP contribution in [0.4, 0.5) is 13.2 Å². The quantitative estimate of drug-likeness (QED) is 0.365. The highest BCUT2D eigenvalue weighted by molar-refractivity contribution is 6.31. The van der Waals surface area contributed by atoms with Crippen LogP contribution in [-0.2, 0) is 19.3 Å². The molecular weight excluding hydrogens is 507 g/mol. The molecule has 4 aromatic rings. The lowest BCUT2D eigenvalue weighted by Crippen LogP contribution is -2.37. The Kier molecular flexibility index (Phi) is 6.91. The van der Waals surface area contributed by atoms with E-state index in [9.17, 15) is 23.1 Å². The van der Waals surface area contributed by atoms with Crippen LogP contribution in [0.5, 0.6) is 0 Å². The summed E-state index contributed by atoms with van der Waals surface area (Å²) in [5, 5.41) is 9.98. The van der Waals surface area contributed by atoms with Crippen molar-refractivity contribution in [1.82, 2.24) is 24.0 Å². The largest absolute Gasteiger partial charge is 0.416 e. The number of benzene rings is 2. The number of aromatic nitrogens is 4. The maximum Gasteiger partial charge on any atom is 0.416 e. The molecule has 0 amide bonds. The molecule has 2 aromatic carbocycles. The number of aromatic amines is 1. The first kappa shape index (κ1) is 25.6. The predicted octanol–water partition coefficient (Wildman–Crippen LogP) is 5.00. The summed E-state index contributed by atoms with van der Waals surface area (Å²) in [6.07, 6.45) is -2.83. The van der Waals surface area contributed by atoms with Crippen molar-refractivity contribution in [3.05, 3.63) is 74.9 Å². The summed E-state index contributed by atoms with van der Waals surface area (Å²) in [4.78, 5) is 23.3. The Labute approximate surface area is 216 Å². The molecule has 196 valence electrons. The van der Waals surface area contributed by atoms with E-state index < -0.39 is 11.7 Å². The van der Waals surface area contributed by atoms with Crippen LogP contribution >= 0.6 is 11.6 Å². The fraction of sp³-hybridized carbons (Fsp3) is 0.385. The van der Waals surface area contributed by atoms with Gasteiger partial charge < -0.3 is 10.1 Å². The first-order valence-corrected chi connectivity index (χ1v) is 12.5. The first-order chi connectivity index (χ1) is 17.7. The molecule has 3 heterocycles. The maximum absolute atomic E-state index is 13.2. The standard InChI is InChI=1S/C26H27ClF3N5O2/c1-16-21(32-24(31-16)17-2-4-18(5-3-17)26(28,29)30)15-33-10-8-20(9-11-33)35-22-7-6-19(27)14-23(22)34(12-13-36)25(35)37/h2-7,14,20,36H,8-13,15H2,1H3,(H,31,32). The number of imidazole rings is 2.